The Hall–Kier alpha value is -2.12. The van der Waals surface area contributed by atoms with Crippen LogP contribution < -0.4 is 4.72 Å². The van der Waals surface area contributed by atoms with Gasteiger partial charge in [0.15, 0.2) is 5.76 Å². The SMILES string of the molecule is Cc1ccc(C2C(C)CCCN2C(=O)c2ccc(CNS(C)(=O)=O)o2)cc1. The number of carbonyl (C=O) groups is 1. The van der Waals surface area contributed by atoms with Gasteiger partial charge >= 0.3 is 0 Å². The fourth-order valence-electron chi connectivity index (χ4n) is 3.62. The number of piperidine rings is 1. The van der Waals surface area contributed by atoms with Crippen molar-refractivity contribution >= 4 is 15.9 Å². The van der Waals surface area contributed by atoms with Gasteiger partial charge < -0.3 is 9.32 Å². The standard InChI is InChI=1S/C20H26N2O4S/c1-14-6-8-16(9-7-14)19-15(2)5-4-12-22(19)20(23)18-11-10-17(26-18)13-21-27(3,24)25/h6-11,15,19,21H,4-5,12-13H2,1-3H3. The number of furan rings is 1. The van der Waals surface area contributed by atoms with E-state index in [1.807, 2.05) is 11.8 Å². The van der Waals surface area contributed by atoms with E-state index in [1.54, 1.807) is 12.1 Å². The number of aryl methyl sites for hydroxylation is 1. The molecular formula is C20H26N2O4S. The smallest absolute Gasteiger partial charge is 0.290 e. The first kappa shape index (κ1) is 19.6. The third-order valence-electron chi connectivity index (χ3n) is 4.99. The fourth-order valence-corrected chi connectivity index (χ4v) is 4.02. The lowest BCUT2D eigenvalue weighted by Gasteiger charge is -2.40. The first-order valence-corrected chi connectivity index (χ1v) is 11.0. The van der Waals surface area contributed by atoms with Gasteiger partial charge in [0.25, 0.3) is 5.91 Å². The Morgan fingerprint density at radius 3 is 2.59 bits per heavy atom. The van der Waals surface area contributed by atoms with Crippen LogP contribution in [-0.2, 0) is 16.6 Å². The van der Waals surface area contributed by atoms with E-state index in [0.717, 1.165) is 24.7 Å². The van der Waals surface area contributed by atoms with E-state index >= 15 is 0 Å². The van der Waals surface area contributed by atoms with Crippen molar-refractivity contribution in [2.75, 3.05) is 12.8 Å². The van der Waals surface area contributed by atoms with Gasteiger partial charge in [-0.3, -0.25) is 4.79 Å². The fraction of sp³-hybridized carbons (Fsp3) is 0.450. The third-order valence-corrected chi connectivity index (χ3v) is 5.66. The van der Waals surface area contributed by atoms with Crippen LogP contribution in [0.4, 0.5) is 0 Å². The Kier molecular flexibility index (Phi) is 5.72. The minimum atomic E-state index is -3.31. The molecule has 2 aromatic rings. The first-order valence-electron chi connectivity index (χ1n) is 9.15. The summed E-state index contributed by atoms with van der Waals surface area (Å²) in [5.41, 5.74) is 2.32. The van der Waals surface area contributed by atoms with Crippen LogP contribution in [0, 0.1) is 12.8 Å². The van der Waals surface area contributed by atoms with Crippen molar-refractivity contribution in [2.24, 2.45) is 5.92 Å². The maximum atomic E-state index is 13.1. The monoisotopic (exact) mass is 390 g/mol. The molecule has 0 radical (unpaired) electrons. The average molecular weight is 391 g/mol. The number of amides is 1. The molecule has 2 heterocycles. The van der Waals surface area contributed by atoms with Crippen LogP contribution in [-0.4, -0.2) is 32.0 Å². The van der Waals surface area contributed by atoms with Crippen molar-refractivity contribution in [3.8, 4) is 0 Å². The van der Waals surface area contributed by atoms with E-state index in [9.17, 15) is 13.2 Å². The van der Waals surface area contributed by atoms with Crippen LogP contribution in [0.1, 0.15) is 53.2 Å². The van der Waals surface area contributed by atoms with E-state index in [2.05, 4.69) is 35.9 Å². The molecule has 6 nitrogen and oxygen atoms in total. The van der Waals surface area contributed by atoms with Gasteiger partial charge in [-0.15, -0.1) is 0 Å². The maximum Gasteiger partial charge on any atom is 0.290 e. The number of carbonyl (C=O) groups excluding carboxylic acids is 1. The molecule has 7 heteroatoms. The molecule has 1 aromatic heterocycles. The van der Waals surface area contributed by atoms with Crippen LogP contribution in [0.25, 0.3) is 0 Å². The summed E-state index contributed by atoms with van der Waals surface area (Å²) < 4.78 is 30.4. The van der Waals surface area contributed by atoms with Gasteiger partial charge in [0.05, 0.1) is 18.8 Å². The van der Waals surface area contributed by atoms with Crippen molar-refractivity contribution in [1.29, 1.82) is 0 Å². The largest absolute Gasteiger partial charge is 0.455 e. The summed E-state index contributed by atoms with van der Waals surface area (Å²) in [6.45, 7) is 4.93. The molecule has 1 aliphatic rings. The lowest BCUT2D eigenvalue weighted by atomic mass is 9.85. The molecule has 1 saturated heterocycles. The molecule has 0 bridgehead atoms. The minimum Gasteiger partial charge on any atom is -0.455 e. The summed E-state index contributed by atoms with van der Waals surface area (Å²) in [5.74, 6) is 0.858. The van der Waals surface area contributed by atoms with E-state index in [-0.39, 0.29) is 24.3 Å². The van der Waals surface area contributed by atoms with Crippen LogP contribution in [0.5, 0.6) is 0 Å². The highest BCUT2D eigenvalue weighted by Gasteiger charge is 2.34. The lowest BCUT2D eigenvalue weighted by Crippen LogP contribution is -2.42. The number of nitrogens with zero attached hydrogens (tertiary/aromatic N) is 1. The molecule has 146 valence electrons. The Labute approximate surface area is 160 Å². The van der Waals surface area contributed by atoms with Gasteiger partial charge in [0.2, 0.25) is 10.0 Å². The number of sulfonamides is 1. The summed E-state index contributed by atoms with van der Waals surface area (Å²) in [4.78, 5) is 15.0. The van der Waals surface area contributed by atoms with Gasteiger partial charge in [-0.1, -0.05) is 36.8 Å². The summed E-state index contributed by atoms with van der Waals surface area (Å²) in [5, 5.41) is 0. The summed E-state index contributed by atoms with van der Waals surface area (Å²) >= 11 is 0. The number of nitrogens with one attached hydrogen (secondary N) is 1. The minimum absolute atomic E-state index is 0.00884. The van der Waals surface area contributed by atoms with Crippen LogP contribution in [0.2, 0.25) is 0 Å². The zero-order chi connectivity index (χ0) is 19.6. The second-order valence-electron chi connectivity index (χ2n) is 7.33. The molecule has 2 unspecified atom stereocenters. The second-order valence-corrected chi connectivity index (χ2v) is 9.17. The predicted octanol–water partition coefficient (Wildman–Crippen LogP) is 3.25. The van der Waals surface area contributed by atoms with Crippen LogP contribution in [0.3, 0.4) is 0 Å². The van der Waals surface area contributed by atoms with Crippen molar-refractivity contribution in [3.05, 3.63) is 59.0 Å². The number of rotatable bonds is 5. The van der Waals surface area contributed by atoms with Gasteiger partial charge in [-0.2, -0.15) is 0 Å². The zero-order valence-corrected chi connectivity index (χ0v) is 16.8. The first-order chi connectivity index (χ1) is 12.7. The third kappa shape index (κ3) is 4.78. The number of hydrogen-bond acceptors (Lipinski definition) is 4. The molecule has 0 spiro atoms. The molecule has 3 rings (SSSR count). The molecule has 1 amide bonds. The highest BCUT2D eigenvalue weighted by atomic mass is 32.2. The molecular weight excluding hydrogens is 364 g/mol. The number of benzene rings is 1. The van der Waals surface area contributed by atoms with E-state index in [4.69, 9.17) is 4.42 Å². The van der Waals surface area contributed by atoms with Gasteiger partial charge in [0, 0.05) is 6.54 Å². The molecule has 0 saturated carbocycles. The molecule has 1 aliphatic heterocycles. The second kappa shape index (κ2) is 7.86. The number of likely N-dealkylation sites (tertiary alicyclic amines) is 1. The Bertz CT molecular complexity index is 902. The Morgan fingerprint density at radius 1 is 1.22 bits per heavy atom. The maximum absolute atomic E-state index is 13.1. The van der Waals surface area contributed by atoms with Gasteiger partial charge in [-0.25, -0.2) is 13.1 Å². The lowest BCUT2D eigenvalue weighted by molar-refractivity contribution is 0.0480. The van der Waals surface area contributed by atoms with Crippen molar-refractivity contribution in [1.82, 2.24) is 9.62 Å². The van der Waals surface area contributed by atoms with E-state index in [1.165, 1.54) is 5.56 Å². The topological polar surface area (TPSA) is 79.6 Å². The van der Waals surface area contributed by atoms with Crippen LogP contribution in [0.15, 0.2) is 40.8 Å². The number of hydrogen-bond donors (Lipinski definition) is 1. The Balaban J connectivity index is 1.81. The highest BCUT2D eigenvalue weighted by molar-refractivity contribution is 7.88. The molecule has 0 aliphatic carbocycles. The quantitative estimate of drug-likeness (QED) is 0.850. The van der Waals surface area contributed by atoms with E-state index in [0.29, 0.717) is 18.2 Å². The summed E-state index contributed by atoms with van der Waals surface area (Å²) in [7, 11) is -3.31. The van der Waals surface area contributed by atoms with Crippen molar-refractivity contribution < 1.29 is 17.6 Å². The average Bonchev–Trinajstić information content (AvgIpc) is 3.09. The van der Waals surface area contributed by atoms with Gasteiger partial charge in [-0.05, 0) is 43.4 Å². The molecule has 2 atom stereocenters. The highest BCUT2D eigenvalue weighted by Crippen LogP contribution is 2.37. The van der Waals surface area contributed by atoms with Crippen molar-refractivity contribution in [3.63, 3.8) is 0 Å². The predicted molar refractivity (Wildman–Crippen MR) is 104 cm³/mol. The molecule has 27 heavy (non-hydrogen) atoms. The van der Waals surface area contributed by atoms with Gasteiger partial charge in [0.1, 0.15) is 5.76 Å². The van der Waals surface area contributed by atoms with E-state index < -0.39 is 10.0 Å². The zero-order valence-electron chi connectivity index (χ0n) is 15.9. The Morgan fingerprint density at radius 2 is 1.93 bits per heavy atom. The molecule has 1 aromatic carbocycles. The summed E-state index contributed by atoms with van der Waals surface area (Å²) in [6, 6.07) is 11.6. The normalized spacial score (nSPS) is 20.6. The summed E-state index contributed by atoms with van der Waals surface area (Å²) in [6.07, 6.45) is 3.12. The molecule has 1 N–H and O–H groups in total. The molecule has 1 fully saturated rings. The van der Waals surface area contributed by atoms with Crippen molar-refractivity contribution in [2.45, 2.75) is 39.3 Å². The van der Waals surface area contributed by atoms with Crippen LogP contribution >= 0.6 is 0 Å².